The second kappa shape index (κ2) is 7.00. The number of carboxylic acids is 1. The third-order valence-electron chi connectivity index (χ3n) is 2.64. The largest absolute Gasteiger partial charge is 0.491 e. The number of hydrogen-bond acceptors (Lipinski definition) is 4. The van der Waals surface area contributed by atoms with Crippen LogP contribution >= 0.6 is 15.9 Å². The fourth-order valence-corrected chi connectivity index (χ4v) is 2.01. The number of pyridine rings is 2. The highest BCUT2D eigenvalue weighted by molar-refractivity contribution is 9.10. The van der Waals surface area contributed by atoms with Crippen LogP contribution in [0.1, 0.15) is 22.5 Å². The molecule has 2 rings (SSSR count). The zero-order valence-corrected chi connectivity index (χ0v) is 12.2. The van der Waals surface area contributed by atoms with Crippen molar-refractivity contribution in [1.82, 2.24) is 9.97 Å². The molecule has 0 aliphatic heterocycles. The minimum absolute atomic E-state index is 0.0803. The third-order valence-corrected chi connectivity index (χ3v) is 3.09. The predicted molar refractivity (Wildman–Crippen MR) is 76.9 cm³/mol. The average molecular weight is 337 g/mol. The molecule has 20 heavy (non-hydrogen) atoms. The van der Waals surface area contributed by atoms with Gasteiger partial charge in [0.2, 0.25) is 0 Å². The fraction of sp³-hybridized carbons (Fsp3) is 0.214. The normalized spacial score (nSPS) is 10.2. The van der Waals surface area contributed by atoms with Crippen LogP contribution in [0.3, 0.4) is 0 Å². The fourth-order valence-electron chi connectivity index (χ4n) is 1.70. The number of hydrogen-bond donors (Lipinski definition) is 1. The highest BCUT2D eigenvalue weighted by Gasteiger charge is 2.13. The Labute approximate surface area is 124 Å². The van der Waals surface area contributed by atoms with E-state index in [4.69, 9.17) is 9.84 Å². The summed E-state index contributed by atoms with van der Waals surface area (Å²) in [6.45, 7) is 0.436. The molecule has 2 aromatic rings. The molecule has 0 fully saturated rings. The van der Waals surface area contributed by atoms with Gasteiger partial charge < -0.3 is 9.84 Å². The maximum atomic E-state index is 11.1. The van der Waals surface area contributed by atoms with Crippen molar-refractivity contribution in [2.75, 3.05) is 6.61 Å². The van der Waals surface area contributed by atoms with Crippen molar-refractivity contribution in [2.45, 2.75) is 12.8 Å². The van der Waals surface area contributed by atoms with Crippen LogP contribution in [0, 0.1) is 0 Å². The van der Waals surface area contributed by atoms with Gasteiger partial charge in [-0.3, -0.25) is 4.98 Å². The van der Waals surface area contributed by atoms with Crippen molar-refractivity contribution in [3.05, 3.63) is 52.5 Å². The molecule has 0 saturated heterocycles. The van der Waals surface area contributed by atoms with E-state index in [0.717, 1.165) is 12.8 Å². The summed E-state index contributed by atoms with van der Waals surface area (Å²) in [5.41, 5.74) is 1.10. The van der Waals surface area contributed by atoms with E-state index in [2.05, 4.69) is 25.9 Å². The summed E-state index contributed by atoms with van der Waals surface area (Å²) in [5, 5.41) is 9.05. The van der Waals surface area contributed by atoms with Crippen molar-refractivity contribution in [1.29, 1.82) is 0 Å². The van der Waals surface area contributed by atoms with Gasteiger partial charge in [-0.2, -0.15) is 0 Å². The minimum Gasteiger partial charge on any atom is -0.491 e. The molecule has 2 aromatic heterocycles. The van der Waals surface area contributed by atoms with Crippen LogP contribution in [0.25, 0.3) is 0 Å². The van der Waals surface area contributed by atoms with E-state index in [1.807, 2.05) is 12.1 Å². The van der Waals surface area contributed by atoms with Gasteiger partial charge in [0, 0.05) is 12.4 Å². The van der Waals surface area contributed by atoms with Gasteiger partial charge in [0.05, 0.1) is 6.61 Å². The topological polar surface area (TPSA) is 72.3 Å². The van der Waals surface area contributed by atoms with Gasteiger partial charge in [-0.1, -0.05) is 0 Å². The maximum absolute atomic E-state index is 11.1. The number of aryl methyl sites for hydroxylation is 1. The molecule has 2 heterocycles. The van der Waals surface area contributed by atoms with Crippen molar-refractivity contribution in [3.63, 3.8) is 0 Å². The van der Waals surface area contributed by atoms with Crippen molar-refractivity contribution < 1.29 is 14.6 Å². The lowest BCUT2D eigenvalue weighted by Crippen LogP contribution is -2.07. The van der Waals surface area contributed by atoms with E-state index in [1.165, 1.54) is 5.56 Å². The van der Waals surface area contributed by atoms with Gasteiger partial charge in [-0.05, 0) is 58.6 Å². The third kappa shape index (κ3) is 4.03. The molecule has 0 spiro atoms. The summed E-state index contributed by atoms with van der Waals surface area (Å²) in [4.78, 5) is 18.9. The van der Waals surface area contributed by atoms with Gasteiger partial charge in [-0.25, -0.2) is 9.78 Å². The molecule has 0 aromatic carbocycles. The smallest absolute Gasteiger partial charge is 0.358 e. The predicted octanol–water partition coefficient (Wildman–Crippen LogP) is 2.95. The molecule has 0 bridgehead atoms. The first-order valence-corrected chi connectivity index (χ1v) is 6.87. The molecule has 0 unspecified atom stereocenters. The molecule has 6 heteroatoms. The summed E-state index contributed by atoms with van der Waals surface area (Å²) >= 11 is 3.14. The number of aromatic nitrogens is 2. The standard InChI is InChI=1S/C14H13BrN2O3/c15-12-4-3-11(13(17-12)14(18)19)20-9-1-2-10-5-7-16-8-6-10/h3-8H,1-2,9H2,(H,18,19). The lowest BCUT2D eigenvalue weighted by atomic mass is 10.1. The Morgan fingerprint density at radius 2 is 2.00 bits per heavy atom. The van der Waals surface area contributed by atoms with E-state index < -0.39 is 5.97 Å². The number of halogens is 1. The van der Waals surface area contributed by atoms with Crippen molar-refractivity contribution >= 4 is 21.9 Å². The van der Waals surface area contributed by atoms with E-state index in [9.17, 15) is 4.79 Å². The van der Waals surface area contributed by atoms with Crippen LogP contribution in [-0.4, -0.2) is 27.7 Å². The first-order valence-electron chi connectivity index (χ1n) is 6.08. The number of carbonyl (C=O) groups is 1. The second-order valence-corrected chi connectivity index (χ2v) is 4.91. The first-order chi connectivity index (χ1) is 9.66. The lowest BCUT2D eigenvalue weighted by Gasteiger charge is -2.08. The molecule has 0 radical (unpaired) electrons. The molecular weight excluding hydrogens is 324 g/mol. The molecule has 0 saturated carbocycles. The Balaban J connectivity index is 1.90. The van der Waals surface area contributed by atoms with Crippen LogP contribution < -0.4 is 4.74 Å². The molecule has 0 aliphatic rings. The first kappa shape index (κ1) is 14.5. The highest BCUT2D eigenvalue weighted by atomic mass is 79.9. The summed E-state index contributed by atoms with van der Waals surface area (Å²) in [6, 6.07) is 7.16. The number of nitrogens with zero attached hydrogens (tertiary/aromatic N) is 2. The van der Waals surface area contributed by atoms with Gasteiger partial charge >= 0.3 is 5.97 Å². The monoisotopic (exact) mass is 336 g/mol. The van der Waals surface area contributed by atoms with E-state index in [-0.39, 0.29) is 11.4 Å². The number of aromatic carboxylic acids is 1. The molecule has 0 aliphatic carbocycles. The van der Waals surface area contributed by atoms with Gasteiger partial charge in [0.25, 0.3) is 0 Å². The Morgan fingerprint density at radius 1 is 1.25 bits per heavy atom. The summed E-state index contributed by atoms with van der Waals surface area (Å²) < 4.78 is 5.97. The van der Waals surface area contributed by atoms with Gasteiger partial charge in [-0.15, -0.1) is 0 Å². The highest BCUT2D eigenvalue weighted by Crippen LogP contribution is 2.20. The molecule has 0 amide bonds. The SMILES string of the molecule is O=C(O)c1nc(Br)ccc1OCCCc1ccncc1. The van der Waals surface area contributed by atoms with E-state index in [0.29, 0.717) is 11.2 Å². The lowest BCUT2D eigenvalue weighted by molar-refractivity contribution is 0.0685. The zero-order valence-electron chi connectivity index (χ0n) is 10.6. The van der Waals surface area contributed by atoms with Crippen LogP contribution in [0.4, 0.5) is 0 Å². The van der Waals surface area contributed by atoms with E-state index >= 15 is 0 Å². The Hall–Kier alpha value is -1.95. The van der Waals surface area contributed by atoms with Crippen LogP contribution in [-0.2, 0) is 6.42 Å². The number of carboxylic acid groups (broad SMARTS) is 1. The molecule has 0 atom stereocenters. The maximum Gasteiger partial charge on any atom is 0.358 e. The molecule has 104 valence electrons. The number of ether oxygens (including phenoxy) is 1. The van der Waals surface area contributed by atoms with Crippen molar-refractivity contribution in [2.24, 2.45) is 0 Å². The average Bonchev–Trinajstić information content (AvgIpc) is 2.45. The van der Waals surface area contributed by atoms with E-state index in [1.54, 1.807) is 24.5 Å². The summed E-state index contributed by atoms with van der Waals surface area (Å²) in [7, 11) is 0. The minimum atomic E-state index is -1.10. The van der Waals surface area contributed by atoms with Gasteiger partial charge in [0.15, 0.2) is 11.4 Å². The zero-order chi connectivity index (χ0) is 14.4. The van der Waals surface area contributed by atoms with Gasteiger partial charge in [0.1, 0.15) is 4.60 Å². The van der Waals surface area contributed by atoms with Crippen LogP contribution in [0.15, 0.2) is 41.3 Å². The molecular formula is C14H13BrN2O3. The summed E-state index contributed by atoms with van der Waals surface area (Å²) in [6.07, 6.45) is 5.14. The Morgan fingerprint density at radius 3 is 2.70 bits per heavy atom. The Bertz CT molecular complexity index is 590. The van der Waals surface area contributed by atoms with Crippen LogP contribution in [0.5, 0.6) is 5.75 Å². The summed E-state index contributed by atoms with van der Waals surface area (Å²) in [5.74, 6) is -0.814. The second-order valence-electron chi connectivity index (χ2n) is 4.09. The molecule has 1 N–H and O–H groups in total. The Kier molecular flexibility index (Phi) is 5.06. The quantitative estimate of drug-likeness (QED) is 0.648. The van der Waals surface area contributed by atoms with Crippen LogP contribution in [0.2, 0.25) is 0 Å². The number of rotatable bonds is 6. The van der Waals surface area contributed by atoms with Crippen molar-refractivity contribution in [3.8, 4) is 5.75 Å². The molecule has 5 nitrogen and oxygen atoms in total.